The molecule has 0 saturated heterocycles. The van der Waals surface area contributed by atoms with Gasteiger partial charge in [-0.05, 0) is 43.5 Å². The van der Waals surface area contributed by atoms with Crippen molar-refractivity contribution < 1.29 is 22.4 Å². The minimum atomic E-state index is -3.82. The molecule has 0 bridgehead atoms. The van der Waals surface area contributed by atoms with Gasteiger partial charge >= 0.3 is 0 Å². The molecular weight excluding hydrogens is 352 g/mol. The molecule has 1 aliphatic heterocycles. The zero-order valence-electron chi connectivity index (χ0n) is 13.0. The summed E-state index contributed by atoms with van der Waals surface area (Å²) in [6.45, 7) is 1.80. The Labute approximate surface area is 145 Å². The minimum Gasteiger partial charge on any atom is -0.506 e. The summed E-state index contributed by atoms with van der Waals surface area (Å²) >= 11 is 5.87. The van der Waals surface area contributed by atoms with Gasteiger partial charge in [-0.15, -0.1) is 0 Å². The molecule has 1 aliphatic rings. The number of halogens is 1. The Kier molecular flexibility index (Phi) is 4.71. The van der Waals surface area contributed by atoms with Crippen molar-refractivity contribution in [2.75, 3.05) is 6.61 Å². The monoisotopic (exact) mass is 368 g/mol. The third kappa shape index (κ3) is 3.66. The van der Waals surface area contributed by atoms with Crippen LogP contribution in [0, 0.1) is 6.92 Å². The topological polar surface area (TPSA) is 72.8 Å². The van der Waals surface area contributed by atoms with E-state index in [1.807, 2.05) is 6.92 Å². The maximum atomic E-state index is 12.2. The van der Waals surface area contributed by atoms with E-state index in [0.717, 1.165) is 11.1 Å². The van der Waals surface area contributed by atoms with Gasteiger partial charge in [-0.3, -0.25) is 4.18 Å². The van der Waals surface area contributed by atoms with E-state index in [4.69, 9.17) is 20.5 Å². The average Bonchev–Trinajstić information content (AvgIpc) is 2.54. The maximum absolute atomic E-state index is 12.2. The van der Waals surface area contributed by atoms with Crippen LogP contribution < -0.4 is 4.74 Å². The van der Waals surface area contributed by atoms with Crippen molar-refractivity contribution in [3.8, 4) is 11.5 Å². The summed E-state index contributed by atoms with van der Waals surface area (Å²) in [4.78, 5) is 0.119. The number of ether oxygens (including phenoxy) is 1. The van der Waals surface area contributed by atoms with E-state index in [0.29, 0.717) is 18.6 Å². The fraction of sp³-hybridized carbons (Fsp3) is 0.294. The molecule has 3 rings (SSSR count). The lowest BCUT2D eigenvalue weighted by molar-refractivity contribution is 0.112. The Bertz CT molecular complexity index is 846. The van der Waals surface area contributed by atoms with Gasteiger partial charge in [-0.25, -0.2) is 0 Å². The summed E-state index contributed by atoms with van der Waals surface area (Å²) in [7, 11) is -3.82. The standard InChI is InChI=1S/C17H17ClO5S/c1-11-2-6-14(7-3-11)24(20,21)22-10-13-5-4-12-8-15(18)16(19)9-17(12)23-13/h2-3,6-9,13,19H,4-5,10H2,1H3/t13-/m1/s1. The first-order valence-corrected chi connectivity index (χ1v) is 9.28. The van der Waals surface area contributed by atoms with Crippen LogP contribution in [0.25, 0.3) is 0 Å². The predicted molar refractivity (Wildman–Crippen MR) is 90.2 cm³/mol. The minimum absolute atomic E-state index is 0.0655. The first kappa shape index (κ1) is 17.1. The molecule has 0 unspecified atom stereocenters. The van der Waals surface area contributed by atoms with Crippen molar-refractivity contribution in [3.05, 3.63) is 52.5 Å². The van der Waals surface area contributed by atoms with Crippen molar-refractivity contribution in [2.45, 2.75) is 30.8 Å². The van der Waals surface area contributed by atoms with Gasteiger partial charge in [0.2, 0.25) is 0 Å². The Morgan fingerprint density at radius 2 is 2.00 bits per heavy atom. The van der Waals surface area contributed by atoms with Gasteiger partial charge in [0.1, 0.15) is 24.2 Å². The molecule has 0 spiro atoms. The molecule has 0 aromatic heterocycles. The molecule has 0 aliphatic carbocycles. The zero-order chi connectivity index (χ0) is 17.3. The van der Waals surface area contributed by atoms with Crippen LogP contribution in [0.3, 0.4) is 0 Å². The van der Waals surface area contributed by atoms with E-state index in [2.05, 4.69) is 0 Å². The Morgan fingerprint density at radius 3 is 2.71 bits per heavy atom. The average molecular weight is 369 g/mol. The van der Waals surface area contributed by atoms with Gasteiger partial charge in [0.25, 0.3) is 10.1 Å². The van der Waals surface area contributed by atoms with Crippen molar-refractivity contribution in [2.24, 2.45) is 0 Å². The molecule has 0 radical (unpaired) electrons. The normalized spacial score (nSPS) is 17.2. The molecular formula is C17H17ClO5S. The van der Waals surface area contributed by atoms with Gasteiger partial charge in [0.15, 0.2) is 0 Å². The molecule has 0 amide bonds. The third-order valence-corrected chi connectivity index (χ3v) is 5.48. The van der Waals surface area contributed by atoms with Gasteiger partial charge in [0.05, 0.1) is 9.92 Å². The lowest BCUT2D eigenvalue weighted by atomic mass is 10.0. The number of benzene rings is 2. The maximum Gasteiger partial charge on any atom is 0.297 e. The molecule has 1 heterocycles. The van der Waals surface area contributed by atoms with Crippen LogP contribution in [0.4, 0.5) is 0 Å². The van der Waals surface area contributed by atoms with Crippen LogP contribution in [0.1, 0.15) is 17.5 Å². The Hall–Kier alpha value is -1.76. The van der Waals surface area contributed by atoms with Crippen LogP contribution in [0.15, 0.2) is 41.3 Å². The highest BCUT2D eigenvalue weighted by molar-refractivity contribution is 7.86. The Balaban J connectivity index is 1.67. The first-order chi connectivity index (χ1) is 11.3. The fourth-order valence-electron chi connectivity index (χ4n) is 2.50. The smallest absolute Gasteiger partial charge is 0.297 e. The van der Waals surface area contributed by atoms with Gasteiger partial charge in [-0.2, -0.15) is 8.42 Å². The highest BCUT2D eigenvalue weighted by Crippen LogP contribution is 2.36. The van der Waals surface area contributed by atoms with E-state index in [1.165, 1.54) is 18.2 Å². The molecule has 7 heteroatoms. The number of rotatable bonds is 4. The highest BCUT2D eigenvalue weighted by atomic mass is 35.5. The largest absolute Gasteiger partial charge is 0.506 e. The quantitative estimate of drug-likeness (QED) is 0.837. The number of phenols is 1. The van der Waals surface area contributed by atoms with Crippen LogP contribution >= 0.6 is 11.6 Å². The molecule has 1 atom stereocenters. The molecule has 2 aromatic carbocycles. The third-order valence-electron chi connectivity index (χ3n) is 3.88. The van der Waals surface area contributed by atoms with Crippen LogP contribution in [-0.2, 0) is 20.7 Å². The summed E-state index contributed by atoms with van der Waals surface area (Å²) in [6.07, 6.45) is 0.879. The zero-order valence-corrected chi connectivity index (χ0v) is 14.6. The van der Waals surface area contributed by atoms with E-state index < -0.39 is 16.2 Å². The van der Waals surface area contributed by atoms with Crippen molar-refractivity contribution >= 4 is 21.7 Å². The SMILES string of the molecule is Cc1ccc(S(=O)(=O)OC[C@H]2CCc3cc(Cl)c(O)cc3O2)cc1. The number of fused-ring (bicyclic) bond motifs is 1. The number of aryl methyl sites for hydroxylation is 2. The summed E-state index contributed by atoms with van der Waals surface area (Å²) in [5.74, 6) is 0.439. The van der Waals surface area contributed by atoms with Crippen molar-refractivity contribution in [1.29, 1.82) is 0 Å². The molecule has 24 heavy (non-hydrogen) atoms. The highest BCUT2D eigenvalue weighted by Gasteiger charge is 2.24. The predicted octanol–water partition coefficient (Wildman–Crippen LogP) is 3.45. The molecule has 2 aromatic rings. The second-order valence-corrected chi connectivity index (χ2v) is 7.76. The van der Waals surface area contributed by atoms with Gasteiger partial charge in [-0.1, -0.05) is 29.3 Å². The summed E-state index contributed by atoms with van der Waals surface area (Å²) in [5.41, 5.74) is 1.86. The number of phenolic OH excluding ortho intramolecular Hbond substituents is 1. The second kappa shape index (κ2) is 6.63. The summed E-state index contributed by atoms with van der Waals surface area (Å²) in [5, 5.41) is 9.92. The molecule has 0 saturated carbocycles. The van der Waals surface area contributed by atoms with E-state index >= 15 is 0 Å². The van der Waals surface area contributed by atoms with Gasteiger partial charge in [0, 0.05) is 6.07 Å². The first-order valence-electron chi connectivity index (χ1n) is 7.49. The lowest BCUT2D eigenvalue weighted by Gasteiger charge is -2.26. The van der Waals surface area contributed by atoms with E-state index in [1.54, 1.807) is 18.2 Å². The number of hydrogen-bond acceptors (Lipinski definition) is 5. The molecule has 1 N–H and O–H groups in total. The number of aromatic hydroxyl groups is 1. The van der Waals surface area contributed by atoms with Crippen LogP contribution in [0.2, 0.25) is 5.02 Å². The van der Waals surface area contributed by atoms with E-state index in [-0.39, 0.29) is 22.3 Å². The van der Waals surface area contributed by atoms with Crippen molar-refractivity contribution in [3.63, 3.8) is 0 Å². The molecule has 5 nitrogen and oxygen atoms in total. The van der Waals surface area contributed by atoms with Crippen molar-refractivity contribution in [1.82, 2.24) is 0 Å². The number of hydrogen-bond donors (Lipinski definition) is 1. The second-order valence-electron chi connectivity index (χ2n) is 5.74. The van der Waals surface area contributed by atoms with Gasteiger partial charge < -0.3 is 9.84 Å². The summed E-state index contributed by atoms with van der Waals surface area (Å²) < 4.78 is 35.2. The molecule has 128 valence electrons. The fourth-order valence-corrected chi connectivity index (χ4v) is 3.62. The summed E-state index contributed by atoms with van der Waals surface area (Å²) in [6, 6.07) is 9.57. The van der Waals surface area contributed by atoms with Crippen LogP contribution in [-0.4, -0.2) is 26.2 Å². The molecule has 0 fully saturated rings. The lowest BCUT2D eigenvalue weighted by Crippen LogP contribution is -2.29. The van der Waals surface area contributed by atoms with Crippen LogP contribution in [0.5, 0.6) is 11.5 Å². The van der Waals surface area contributed by atoms with E-state index in [9.17, 15) is 13.5 Å². The Morgan fingerprint density at radius 1 is 1.29 bits per heavy atom.